The third-order valence-electron chi connectivity index (χ3n) is 2.90. The van der Waals surface area contributed by atoms with Crippen LogP contribution in [0.1, 0.15) is 18.5 Å². The smallest absolute Gasteiger partial charge is 0.348 e. The third kappa shape index (κ3) is 3.75. The van der Waals surface area contributed by atoms with Crippen molar-refractivity contribution in [2.24, 2.45) is 0 Å². The second-order valence-electron chi connectivity index (χ2n) is 4.40. The van der Waals surface area contributed by atoms with Gasteiger partial charge in [-0.1, -0.05) is 0 Å². The lowest BCUT2D eigenvalue weighted by atomic mass is 9.95. The lowest BCUT2D eigenvalue weighted by Gasteiger charge is -2.18. The molecule has 1 fully saturated rings. The molecule has 9 nitrogen and oxygen atoms in total. The Hall–Kier alpha value is -2.49. The van der Waals surface area contributed by atoms with E-state index < -0.39 is 23.8 Å². The Morgan fingerprint density at radius 2 is 2.24 bits per heavy atom. The van der Waals surface area contributed by atoms with Gasteiger partial charge in [-0.3, -0.25) is 9.59 Å². The highest BCUT2D eigenvalue weighted by Gasteiger charge is 2.34. The first-order chi connectivity index (χ1) is 10.1. The van der Waals surface area contributed by atoms with E-state index in [1.54, 1.807) is 0 Å². The second kappa shape index (κ2) is 6.79. The number of hydrogen-bond donors (Lipinski definition) is 2. The average Bonchev–Trinajstić information content (AvgIpc) is 3.08. The van der Waals surface area contributed by atoms with Crippen molar-refractivity contribution in [1.29, 1.82) is 0 Å². The molecular formula is C11H13BN4O5. The van der Waals surface area contributed by atoms with Crippen molar-refractivity contribution >= 4 is 31.4 Å². The molecule has 0 radical (unpaired) electrons. The largest absolute Gasteiger partial charge is 0.349 e. The number of hydrogen-bond acceptors (Lipinski definition) is 7. The average molecular weight is 292 g/mol. The zero-order chi connectivity index (χ0) is 15.2. The third-order valence-corrected chi connectivity index (χ3v) is 2.90. The number of nitrogens with one attached hydrogen (secondary N) is 2. The van der Waals surface area contributed by atoms with E-state index in [4.69, 9.17) is 4.84 Å². The van der Waals surface area contributed by atoms with Gasteiger partial charge in [0, 0.05) is 31.2 Å². The summed E-state index contributed by atoms with van der Waals surface area (Å²) in [7, 11) is -0.0597. The van der Waals surface area contributed by atoms with Gasteiger partial charge in [0.05, 0.1) is 12.5 Å². The van der Waals surface area contributed by atoms with Crippen LogP contribution in [0.5, 0.6) is 0 Å². The van der Waals surface area contributed by atoms with Crippen LogP contribution in [-0.2, 0) is 30.4 Å². The Balaban J connectivity index is 2.01. The molecule has 0 aliphatic carbocycles. The van der Waals surface area contributed by atoms with Crippen molar-refractivity contribution < 1.29 is 24.0 Å². The van der Waals surface area contributed by atoms with Crippen molar-refractivity contribution in [3.05, 3.63) is 18.2 Å². The number of carbonyl (C=O) groups is 4. The Labute approximate surface area is 120 Å². The number of carbonyl (C=O) groups excluding carboxylic acids is 4. The zero-order valence-electron chi connectivity index (χ0n) is 11.1. The highest BCUT2D eigenvalue weighted by atomic mass is 16.7. The number of aromatic amines is 1. The number of imidazole rings is 1. The minimum atomic E-state index is -0.878. The number of rotatable bonds is 7. The monoisotopic (exact) mass is 292 g/mol. The summed E-state index contributed by atoms with van der Waals surface area (Å²) in [4.78, 5) is 56.7. The zero-order valence-corrected chi connectivity index (χ0v) is 11.1. The van der Waals surface area contributed by atoms with E-state index in [1.165, 1.54) is 12.5 Å². The van der Waals surface area contributed by atoms with Crippen LogP contribution in [-0.4, -0.2) is 52.5 Å². The van der Waals surface area contributed by atoms with Gasteiger partial charge in [0.2, 0.25) is 0 Å². The van der Waals surface area contributed by atoms with Gasteiger partial charge in [-0.15, -0.1) is 5.06 Å². The van der Waals surface area contributed by atoms with E-state index in [0.29, 0.717) is 16.9 Å². The number of aromatic nitrogens is 2. The van der Waals surface area contributed by atoms with E-state index in [2.05, 4.69) is 15.2 Å². The van der Waals surface area contributed by atoms with Crippen LogP contribution in [0.3, 0.4) is 0 Å². The first-order valence-corrected chi connectivity index (χ1v) is 6.33. The summed E-state index contributed by atoms with van der Waals surface area (Å²) in [5, 5.41) is 3.15. The Morgan fingerprint density at radius 1 is 1.52 bits per heavy atom. The number of hydroxylamine groups is 2. The van der Waals surface area contributed by atoms with Crippen molar-refractivity contribution in [2.75, 3.05) is 0 Å². The van der Waals surface area contributed by atoms with Gasteiger partial charge in [-0.2, -0.15) is 0 Å². The highest BCUT2D eigenvalue weighted by Crippen LogP contribution is 2.13. The maximum atomic E-state index is 12.0. The minimum Gasteiger partial charge on any atom is -0.348 e. The fourth-order valence-electron chi connectivity index (χ4n) is 1.86. The Bertz CT molecular complexity index is 531. The molecule has 0 bridgehead atoms. The van der Waals surface area contributed by atoms with Crippen LogP contribution >= 0.6 is 0 Å². The summed E-state index contributed by atoms with van der Waals surface area (Å²) in [6.07, 6.45) is 3.81. The predicted octanol–water partition coefficient (Wildman–Crippen LogP) is -1.94. The molecule has 10 heteroatoms. The van der Waals surface area contributed by atoms with Crippen LogP contribution in [0.2, 0.25) is 0 Å². The lowest BCUT2D eigenvalue weighted by molar-refractivity contribution is -0.198. The van der Waals surface area contributed by atoms with Gasteiger partial charge in [-0.05, 0) is 0 Å². The van der Waals surface area contributed by atoms with Crippen molar-refractivity contribution in [2.45, 2.75) is 25.3 Å². The molecule has 1 aromatic heterocycles. The van der Waals surface area contributed by atoms with Crippen molar-refractivity contribution in [1.82, 2.24) is 20.3 Å². The van der Waals surface area contributed by atoms with E-state index in [0.717, 1.165) is 0 Å². The SMILES string of the molecule is O=CBNC(Cc1cnc[nH]1)C(=O)ON1C(=O)CCC1=O. The predicted molar refractivity (Wildman–Crippen MR) is 70.3 cm³/mol. The summed E-state index contributed by atoms with van der Waals surface area (Å²) in [5.74, 6) is -1.91. The van der Waals surface area contributed by atoms with Crippen LogP contribution in [0.4, 0.5) is 0 Å². The number of nitrogens with zero attached hydrogens (tertiary/aromatic N) is 2. The molecule has 1 aliphatic rings. The molecule has 2 rings (SSSR count). The summed E-state index contributed by atoms with van der Waals surface area (Å²) >= 11 is 0. The molecule has 2 N–H and O–H groups in total. The van der Waals surface area contributed by atoms with E-state index in [1.807, 2.05) is 0 Å². The number of H-pyrrole nitrogens is 1. The molecule has 1 saturated heterocycles. The fourth-order valence-corrected chi connectivity index (χ4v) is 1.86. The standard InChI is InChI=1S/C11H13BN4O5/c17-5-12-15-8(3-7-4-13-6-14-7)11(20)21-16-9(18)1-2-10(16)19/h4-6,8,12,15H,1-3H2,(H,13,14). The quantitative estimate of drug-likeness (QED) is 0.340. The summed E-state index contributed by atoms with van der Waals surface area (Å²) in [6.45, 7) is 0. The molecule has 2 amide bonds. The molecule has 21 heavy (non-hydrogen) atoms. The molecule has 0 aromatic carbocycles. The molecule has 0 saturated carbocycles. The Morgan fingerprint density at radius 3 is 2.81 bits per heavy atom. The highest BCUT2D eigenvalue weighted by molar-refractivity contribution is 6.64. The molecule has 1 aromatic rings. The molecule has 110 valence electrons. The van der Waals surface area contributed by atoms with Gasteiger partial charge in [-0.25, -0.2) is 9.78 Å². The van der Waals surface area contributed by atoms with E-state index >= 15 is 0 Å². The van der Waals surface area contributed by atoms with Gasteiger partial charge in [0.15, 0.2) is 0 Å². The molecule has 0 spiro atoms. The maximum Gasteiger partial charge on any atom is 0.349 e. The van der Waals surface area contributed by atoms with E-state index in [-0.39, 0.29) is 26.7 Å². The second-order valence-corrected chi connectivity index (χ2v) is 4.40. The van der Waals surface area contributed by atoms with Crippen molar-refractivity contribution in [3.8, 4) is 0 Å². The van der Waals surface area contributed by atoms with Crippen molar-refractivity contribution in [3.63, 3.8) is 0 Å². The fraction of sp³-hybridized carbons (Fsp3) is 0.364. The van der Waals surface area contributed by atoms with Crippen LogP contribution in [0.15, 0.2) is 12.5 Å². The number of amides is 2. The number of imide groups is 1. The molecular weight excluding hydrogens is 279 g/mol. The first-order valence-electron chi connectivity index (χ1n) is 6.33. The minimum absolute atomic E-state index is 0.0269. The molecule has 2 heterocycles. The summed E-state index contributed by atoms with van der Waals surface area (Å²) in [5.41, 5.74) is 0.648. The Kier molecular flexibility index (Phi) is 4.83. The molecule has 1 atom stereocenters. The topological polar surface area (TPSA) is 121 Å². The van der Waals surface area contributed by atoms with Gasteiger partial charge >= 0.3 is 5.97 Å². The van der Waals surface area contributed by atoms with Gasteiger partial charge in [0.25, 0.3) is 19.2 Å². The summed E-state index contributed by atoms with van der Waals surface area (Å²) < 4.78 is 0. The van der Waals surface area contributed by atoms with E-state index in [9.17, 15) is 19.2 Å². The van der Waals surface area contributed by atoms with Crippen LogP contribution in [0.25, 0.3) is 0 Å². The maximum absolute atomic E-state index is 12.0. The molecule has 1 aliphatic heterocycles. The first kappa shape index (κ1) is 14.9. The normalized spacial score (nSPS) is 15.9. The van der Waals surface area contributed by atoms with Crippen LogP contribution in [0, 0.1) is 0 Å². The lowest BCUT2D eigenvalue weighted by Crippen LogP contribution is -2.46. The van der Waals surface area contributed by atoms with Gasteiger partial charge in [0.1, 0.15) is 6.04 Å². The molecule has 1 unspecified atom stereocenters. The van der Waals surface area contributed by atoms with Gasteiger partial charge < -0.3 is 19.8 Å². The summed E-state index contributed by atoms with van der Waals surface area (Å²) in [6, 6.07) is -0.878. The van der Waals surface area contributed by atoms with Crippen LogP contribution < -0.4 is 5.23 Å².